The molecule has 0 fully saturated rings. The number of carboxylic acids is 1. The van der Waals surface area contributed by atoms with Crippen LogP contribution in [-0.4, -0.2) is 50.8 Å². The summed E-state index contributed by atoms with van der Waals surface area (Å²) in [6, 6.07) is 10.1. The lowest BCUT2D eigenvalue weighted by molar-refractivity contribution is -0.144. The quantitative estimate of drug-likeness (QED) is 0.716. The van der Waals surface area contributed by atoms with Gasteiger partial charge in [-0.25, -0.2) is 8.42 Å². The van der Waals surface area contributed by atoms with Gasteiger partial charge in [0, 0.05) is 25.2 Å². The van der Waals surface area contributed by atoms with Crippen molar-refractivity contribution in [2.45, 2.75) is 17.4 Å². The first-order chi connectivity index (χ1) is 11.1. The minimum Gasteiger partial charge on any atom is -0.480 e. The first-order valence-electron chi connectivity index (χ1n) is 7.19. The third-order valence-corrected chi connectivity index (χ3v) is 5.36. The summed E-state index contributed by atoms with van der Waals surface area (Å²) < 4.78 is 27.0. The number of hydrogen-bond donors (Lipinski definition) is 3. The van der Waals surface area contributed by atoms with Gasteiger partial charge in [0.05, 0.1) is 11.5 Å². The number of fused-ring (bicyclic) bond motifs is 1. The van der Waals surface area contributed by atoms with Crippen LogP contribution in [0.15, 0.2) is 41.3 Å². The van der Waals surface area contributed by atoms with Crippen molar-refractivity contribution in [3.05, 3.63) is 36.4 Å². The molecule has 0 bridgehead atoms. The number of carboxylic acid groups (broad SMARTS) is 1. The molecule has 0 radical (unpaired) electrons. The fourth-order valence-electron chi connectivity index (χ4n) is 2.30. The van der Waals surface area contributed by atoms with E-state index in [-0.39, 0.29) is 4.90 Å². The lowest BCUT2D eigenvalue weighted by Crippen LogP contribution is -2.54. The van der Waals surface area contributed by atoms with E-state index in [1.165, 1.54) is 12.1 Å². The van der Waals surface area contributed by atoms with Crippen LogP contribution in [0.2, 0.25) is 0 Å². The van der Waals surface area contributed by atoms with Crippen molar-refractivity contribution in [3.63, 3.8) is 0 Å². The molecule has 0 aliphatic heterocycles. The van der Waals surface area contributed by atoms with Crippen LogP contribution in [0, 0.1) is 0 Å². The standard InChI is InChI=1S/C16H20N2O5S/c1-16(10-19,15(20)21)17-24(22,23)12-7-8-13-11(9-12)5-4-6-14(13)18(2)3/h4-9,17,19H,10H2,1-3H3,(H,20,21)/t16-/m0/s1. The minimum absolute atomic E-state index is 0.0631. The van der Waals surface area contributed by atoms with E-state index in [1.54, 1.807) is 12.1 Å². The third-order valence-electron chi connectivity index (χ3n) is 3.77. The Hall–Kier alpha value is -2.16. The zero-order valence-corrected chi connectivity index (χ0v) is 14.5. The number of hydrogen-bond acceptors (Lipinski definition) is 5. The van der Waals surface area contributed by atoms with Crippen LogP contribution in [0.5, 0.6) is 0 Å². The summed E-state index contributed by atoms with van der Waals surface area (Å²) in [5, 5.41) is 19.9. The van der Waals surface area contributed by atoms with E-state index in [4.69, 9.17) is 5.11 Å². The van der Waals surface area contributed by atoms with E-state index in [2.05, 4.69) is 0 Å². The highest BCUT2D eigenvalue weighted by molar-refractivity contribution is 7.89. The Labute approximate surface area is 140 Å². The van der Waals surface area contributed by atoms with E-state index in [0.717, 1.165) is 18.0 Å². The summed E-state index contributed by atoms with van der Waals surface area (Å²) in [4.78, 5) is 13.1. The lowest BCUT2D eigenvalue weighted by Gasteiger charge is -2.23. The molecule has 2 aromatic carbocycles. The zero-order valence-electron chi connectivity index (χ0n) is 13.6. The SMILES string of the molecule is CN(C)c1cccc2cc(S(=O)(=O)N[C@@](C)(CO)C(=O)O)ccc12. The third kappa shape index (κ3) is 3.35. The summed E-state index contributed by atoms with van der Waals surface area (Å²) in [6.45, 7) is 0.248. The Balaban J connectivity index is 2.51. The maximum absolute atomic E-state index is 12.5. The van der Waals surface area contributed by atoms with Crippen LogP contribution in [-0.2, 0) is 14.8 Å². The normalized spacial score (nSPS) is 14.3. The molecule has 2 rings (SSSR count). The maximum atomic E-state index is 12.5. The molecule has 24 heavy (non-hydrogen) atoms. The number of rotatable bonds is 6. The number of carbonyl (C=O) groups is 1. The number of anilines is 1. The van der Waals surface area contributed by atoms with E-state index in [9.17, 15) is 18.3 Å². The van der Waals surface area contributed by atoms with Crippen molar-refractivity contribution in [1.29, 1.82) is 0 Å². The van der Waals surface area contributed by atoms with Gasteiger partial charge in [-0.2, -0.15) is 4.72 Å². The van der Waals surface area contributed by atoms with E-state index in [1.807, 2.05) is 35.9 Å². The van der Waals surface area contributed by atoms with E-state index >= 15 is 0 Å². The summed E-state index contributed by atoms with van der Waals surface area (Å²) in [5.41, 5.74) is -1.05. The molecular weight excluding hydrogens is 332 g/mol. The molecule has 0 aromatic heterocycles. The number of aliphatic hydroxyl groups excluding tert-OH is 1. The van der Waals surface area contributed by atoms with Gasteiger partial charge in [0.15, 0.2) is 0 Å². The molecule has 0 aliphatic carbocycles. The lowest BCUT2D eigenvalue weighted by atomic mass is 10.1. The highest BCUT2D eigenvalue weighted by Gasteiger charge is 2.37. The molecule has 0 amide bonds. The fraction of sp³-hybridized carbons (Fsp3) is 0.312. The first kappa shape index (κ1) is 18.2. The molecule has 7 nitrogen and oxygen atoms in total. The van der Waals surface area contributed by atoms with Gasteiger partial charge in [0.2, 0.25) is 10.0 Å². The summed E-state index contributed by atoms with van der Waals surface area (Å²) in [6.07, 6.45) is 0. The van der Waals surface area contributed by atoms with Gasteiger partial charge in [-0.15, -0.1) is 0 Å². The van der Waals surface area contributed by atoms with Crippen LogP contribution < -0.4 is 9.62 Å². The predicted octanol–water partition coefficient (Wildman–Crippen LogP) is 1.02. The Morgan fingerprint density at radius 3 is 2.46 bits per heavy atom. The van der Waals surface area contributed by atoms with Crippen molar-refractivity contribution >= 4 is 32.5 Å². The van der Waals surface area contributed by atoms with Crippen LogP contribution in [0.1, 0.15) is 6.92 Å². The van der Waals surface area contributed by atoms with Crippen LogP contribution in [0.4, 0.5) is 5.69 Å². The first-order valence-corrected chi connectivity index (χ1v) is 8.67. The summed E-state index contributed by atoms with van der Waals surface area (Å²) in [7, 11) is -0.325. The molecule has 3 N–H and O–H groups in total. The number of nitrogens with one attached hydrogen (secondary N) is 1. The Morgan fingerprint density at radius 1 is 1.25 bits per heavy atom. The van der Waals surface area contributed by atoms with Gasteiger partial charge in [0.25, 0.3) is 0 Å². The molecule has 8 heteroatoms. The summed E-state index contributed by atoms with van der Waals surface area (Å²) >= 11 is 0. The second kappa shape index (κ2) is 6.39. The molecule has 2 aromatic rings. The molecular formula is C16H20N2O5S. The van der Waals surface area contributed by atoms with Crippen LogP contribution in [0.25, 0.3) is 10.8 Å². The minimum atomic E-state index is -4.10. The number of sulfonamides is 1. The fourth-order valence-corrected chi connectivity index (χ4v) is 3.69. The number of nitrogens with zero attached hydrogens (tertiary/aromatic N) is 1. The molecule has 1 atom stereocenters. The number of aliphatic carboxylic acids is 1. The van der Waals surface area contributed by atoms with Gasteiger partial charge < -0.3 is 15.1 Å². The topological polar surface area (TPSA) is 107 Å². The van der Waals surface area contributed by atoms with Crippen molar-refractivity contribution in [2.24, 2.45) is 0 Å². The predicted molar refractivity (Wildman–Crippen MR) is 91.7 cm³/mol. The average Bonchev–Trinajstić information content (AvgIpc) is 2.52. The van der Waals surface area contributed by atoms with E-state index < -0.39 is 28.1 Å². The number of aliphatic hydroxyl groups is 1. The Bertz CT molecular complexity index is 879. The number of benzene rings is 2. The molecule has 0 unspecified atom stereocenters. The second-order valence-electron chi connectivity index (χ2n) is 5.96. The van der Waals surface area contributed by atoms with Gasteiger partial charge >= 0.3 is 5.97 Å². The Morgan fingerprint density at radius 2 is 1.92 bits per heavy atom. The molecule has 0 saturated carbocycles. The van der Waals surface area contributed by atoms with Gasteiger partial charge in [-0.05, 0) is 30.5 Å². The highest BCUT2D eigenvalue weighted by Crippen LogP contribution is 2.28. The zero-order chi connectivity index (χ0) is 18.1. The molecule has 0 aliphatic rings. The second-order valence-corrected chi connectivity index (χ2v) is 7.64. The Kier molecular flexibility index (Phi) is 4.84. The van der Waals surface area contributed by atoms with Crippen molar-refractivity contribution in [2.75, 3.05) is 25.6 Å². The molecule has 0 heterocycles. The van der Waals surface area contributed by atoms with Gasteiger partial charge in [-0.3, -0.25) is 4.79 Å². The highest BCUT2D eigenvalue weighted by atomic mass is 32.2. The largest absolute Gasteiger partial charge is 0.480 e. The smallest absolute Gasteiger partial charge is 0.327 e. The van der Waals surface area contributed by atoms with Crippen LogP contribution >= 0.6 is 0 Å². The maximum Gasteiger partial charge on any atom is 0.327 e. The average molecular weight is 352 g/mol. The summed E-state index contributed by atoms with van der Waals surface area (Å²) in [5.74, 6) is -1.45. The van der Waals surface area contributed by atoms with Crippen molar-refractivity contribution < 1.29 is 23.4 Å². The molecule has 0 saturated heterocycles. The van der Waals surface area contributed by atoms with Crippen molar-refractivity contribution in [1.82, 2.24) is 4.72 Å². The van der Waals surface area contributed by atoms with E-state index in [0.29, 0.717) is 5.39 Å². The molecule has 130 valence electrons. The van der Waals surface area contributed by atoms with Crippen LogP contribution in [0.3, 0.4) is 0 Å². The molecule has 0 spiro atoms. The van der Waals surface area contributed by atoms with Gasteiger partial charge in [-0.1, -0.05) is 18.2 Å². The monoisotopic (exact) mass is 352 g/mol. The van der Waals surface area contributed by atoms with Gasteiger partial charge in [0.1, 0.15) is 5.54 Å². The van der Waals surface area contributed by atoms with Crippen molar-refractivity contribution in [3.8, 4) is 0 Å².